The van der Waals surface area contributed by atoms with E-state index in [1.165, 1.54) is 19.3 Å². The normalized spacial score (nSPS) is 33.7. The molecule has 0 aromatic carbocycles. The average Bonchev–Trinajstić information content (AvgIpc) is 2.05. The van der Waals surface area contributed by atoms with Crippen molar-refractivity contribution in [3.8, 4) is 0 Å². The molecule has 5 nitrogen and oxygen atoms in total. The van der Waals surface area contributed by atoms with Gasteiger partial charge in [0.2, 0.25) is 0 Å². The van der Waals surface area contributed by atoms with Gasteiger partial charge >= 0.3 is 5.72 Å². The third-order valence-corrected chi connectivity index (χ3v) is 1.70. The summed E-state index contributed by atoms with van der Waals surface area (Å²) in [6, 6.07) is 0. The van der Waals surface area contributed by atoms with E-state index in [-0.39, 0.29) is 0 Å². The molecule has 1 N–H and O–H groups in total. The summed E-state index contributed by atoms with van der Waals surface area (Å²) in [6.45, 7) is 0. The Morgan fingerprint density at radius 1 is 1.67 bits per heavy atom. The highest BCUT2D eigenvalue weighted by Gasteiger charge is 2.46. The molecule has 2 unspecified atom stereocenters. The van der Waals surface area contributed by atoms with Gasteiger partial charge in [0, 0.05) is 13.2 Å². The second kappa shape index (κ2) is 3.04. The van der Waals surface area contributed by atoms with E-state index >= 15 is 0 Å². The minimum Gasteiger partial charge on any atom is -0.367 e. The zero-order valence-corrected chi connectivity index (χ0v) is 6.51. The van der Waals surface area contributed by atoms with Crippen LogP contribution in [-0.2, 0) is 4.74 Å². The molecule has 0 radical (unpaired) electrons. The lowest BCUT2D eigenvalue weighted by atomic mass is 10.0. The van der Waals surface area contributed by atoms with E-state index in [1.807, 2.05) is 0 Å². The Bertz CT molecular complexity index is 248. The molecule has 1 aliphatic rings. The van der Waals surface area contributed by atoms with E-state index in [9.17, 15) is 15.2 Å². The molecule has 0 saturated heterocycles. The smallest absolute Gasteiger partial charge is 0.367 e. The Kier molecular flexibility index (Phi) is 2.25. The minimum absolute atomic E-state index is 0.777. The van der Waals surface area contributed by atoms with Gasteiger partial charge in [0.25, 0.3) is 0 Å². The molecule has 0 saturated carbocycles. The predicted molar refractivity (Wildman–Crippen MR) is 41.0 cm³/mol. The maximum absolute atomic E-state index is 10.4. The fourth-order valence-corrected chi connectivity index (χ4v) is 1.02. The number of rotatable bonds is 2. The Labute approximate surface area is 69.1 Å². The predicted octanol–water partition coefficient (Wildman–Crippen LogP) is 0.0927. The van der Waals surface area contributed by atoms with Crippen molar-refractivity contribution in [2.24, 2.45) is 0 Å². The van der Waals surface area contributed by atoms with Gasteiger partial charge in [-0.25, -0.2) is 0 Å². The SMILES string of the molecule is COC1C=CC=CC1(O)[N+](=O)[O-]. The van der Waals surface area contributed by atoms with Crippen molar-refractivity contribution in [2.45, 2.75) is 11.8 Å². The molecule has 0 heterocycles. The van der Waals surface area contributed by atoms with Gasteiger partial charge in [-0.2, -0.15) is 0 Å². The highest BCUT2D eigenvalue weighted by Crippen LogP contribution is 2.20. The molecule has 0 aliphatic heterocycles. The number of nitro groups is 1. The standard InChI is InChI=1S/C7H9NO4/c1-12-6-4-2-3-5-7(6,9)8(10)11/h2-6,9H,1H3. The van der Waals surface area contributed by atoms with Gasteiger partial charge in [0.1, 0.15) is 0 Å². The second-order valence-corrected chi connectivity index (χ2v) is 2.44. The monoisotopic (exact) mass is 171 g/mol. The van der Waals surface area contributed by atoms with Crippen molar-refractivity contribution in [1.29, 1.82) is 0 Å². The molecular formula is C7H9NO4. The van der Waals surface area contributed by atoms with E-state index < -0.39 is 16.8 Å². The fourth-order valence-electron chi connectivity index (χ4n) is 1.02. The van der Waals surface area contributed by atoms with Crippen LogP contribution in [0.25, 0.3) is 0 Å². The van der Waals surface area contributed by atoms with E-state index in [0.717, 1.165) is 6.08 Å². The van der Waals surface area contributed by atoms with Crippen molar-refractivity contribution in [1.82, 2.24) is 0 Å². The zero-order chi connectivity index (χ0) is 9.19. The summed E-state index contributed by atoms with van der Waals surface area (Å²) < 4.78 is 4.74. The largest absolute Gasteiger partial charge is 0.372 e. The topological polar surface area (TPSA) is 72.6 Å². The van der Waals surface area contributed by atoms with Crippen molar-refractivity contribution < 1.29 is 14.8 Å². The summed E-state index contributed by atoms with van der Waals surface area (Å²) in [7, 11) is 1.31. The summed E-state index contributed by atoms with van der Waals surface area (Å²) >= 11 is 0. The van der Waals surface area contributed by atoms with Crippen LogP contribution in [0, 0.1) is 10.1 Å². The lowest BCUT2D eigenvalue weighted by Gasteiger charge is -2.23. The average molecular weight is 171 g/mol. The van der Waals surface area contributed by atoms with Crippen molar-refractivity contribution >= 4 is 0 Å². The van der Waals surface area contributed by atoms with E-state index in [2.05, 4.69) is 0 Å². The van der Waals surface area contributed by atoms with Crippen LogP contribution in [0.2, 0.25) is 0 Å². The Morgan fingerprint density at radius 2 is 2.33 bits per heavy atom. The van der Waals surface area contributed by atoms with Crippen molar-refractivity contribution in [3.63, 3.8) is 0 Å². The number of ether oxygens (including phenoxy) is 1. The molecule has 5 heteroatoms. The molecule has 0 aromatic heterocycles. The van der Waals surface area contributed by atoms with Gasteiger partial charge in [-0.1, -0.05) is 12.2 Å². The molecule has 0 fully saturated rings. The van der Waals surface area contributed by atoms with Crippen molar-refractivity contribution in [2.75, 3.05) is 7.11 Å². The molecule has 0 bridgehead atoms. The highest BCUT2D eigenvalue weighted by molar-refractivity contribution is 5.19. The number of methoxy groups -OCH3 is 1. The van der Waals surface area contributed by atoms with Crippen molar-refractivity contribution in [3.05, 3.63) is 34.4 Å². The zero-order valence-electron chi connectivity index (χ0n) is 6.51. The fraction of sp³-hybridized carbons (Fsp3) is 0.429. The van der Waals surface area contributed by atoms with Crippen LogP contribution < -0.4 is 0 Å². The first-order valence-corrected chi connectivity index (χ1v) is 3.37. The van der Waals surface area contributed by atoms with Crippen LogP contribution in [0.5, 0.6) is 0 Å². The number of allylic oxidation sites excluding steroid dienone is 2. The molecule has 1 rings (SSSR count). The molecule has 2 atom stereocenters. The van der Waals surface area contributed by atoms with Crippen LogP contribution in [0.1, 0.15) is 0 Å². The van der Waals surface area contributed by atoms with Crippen LogP contribution in [0.4, 0.5) is 0 Å². The van der Waals surface area contributed by atoms with Gasteiger partial charge in [0.15, 0.2) is 6.10 Å². The van der Waals surface area contributed by atoms with Gasteiger partial charge in [-0.15, -0.1) is 0 Å². The molecule has 0 amide bonds. The lowest BCUT2D eigenvalue weighted by Crippen LogP contribution is -2.48. The first-order valence-electron chi connectivity index (χ1n) is 3.37. The Balaban J connectivity index is 2.94. The van der Waals surface area contributed by atoms with E-state index in [1.54, 1.807) is 6.08 Å². The second-order valence-electron chi connectivity index (χ2n) is 2.44. The summed E-state index contributed by atoms with van der Waals surface area (Å²) in [5, 5.41) is 19.9. The first-order chi connectivity index (χ1) is 5.61. The third kappa shape index (κ3) is 1.24. The van der Waals surface area contributed by atoms with Gasteiger partial charge in [0.05, 0.1) is 4.92 Å². The van der Waals surface area contributed by atoms with Crippen LogP contribution in [0.3, 0.4) is 0 Å². The van der Waals surface area contributed by atoms with Crippen LogP contribution in [0.15, 0.2) is 24.3 Å². The summed E-state index contributed by atoms with van der Waals surface area (Å²) in [6.07, 6.45) is 4.62. The summed E-state index contributed by atoms with van der Waals surface area (Å²) in [5.74, 6) is 0. The van der Waals surface area contributed by atoms with Crippen LogP contribution >= 0.6 is 0 Å². The number of hydrogen-bond acceptors (Lipinski definition) is 4. The molecule has 0 spiro atoms. The van der Waals surface area contributed by atoms with Gasteiger partial charge < -0.3 is 9.84 Å². The summed E-state index contributed by atoms with van der Waals surface area (Å²) in [4.78, 5) is 9.66. The third-order valence-electron chi connectivity index (χ3n) is 1.70. The van der Waals surface area contributed by atoms with Gasteiger partial charge in [-0.05, 0) is 6.08 Å². The number of aliphatic hydroxyl groups is 1. The van der Waals surface area contributed by atoms with Crippen LogP contribution in [-0.4, -0.2) is 29.0 Å². The maximum Gasteiger partial charge on any atom is 0.372 e. The number of hydrogen-bond donors (Lipinski definition) is 1. The maximum atomic E-state index is 10.4. The van der Waals surface area contributed by atoms with Gasteiger partial charge in [-0.3, -0.25) is 10.1 Å². The Hall–Kier alpha value is -1.20. The summed E-state index contributed by atoms with van der Waals surface area (Å²) in [5.41, 5.74) is -2.12. The Morgan fingerprint density at radius 3 is 2.75 bits per heavy atom. The first kappa shape index (κ1) is 8.89. The minimum atomic E-state index is -2.12. The molecule has 1 aliphatic carbocycles. The van der Waals surface area contributed by atoms with E-state index in [4.69, 9.17) is 4.74 Å². The van der Waals surface area contributed by atoms with E-state index in [0.29, 0.717) is 0 Å². The molecule has 66 valence electrons. The molecule has 0 aromatic rings. The highest BCUT2D eigenvalue weighted by atomic mass is 16.7. The quantitative estimate of drug-likeness (QED) is 0.363. The molecule has 12 heavy (non-hydrogen) atoms. The lowest BCUT2D eigenvalue weighted by molar-refractivity contribution is -0.618. The number of nitrogens with zero attached hydrogens (tertiary/aromatic N) is 1. The molecular weight excluding hydrogens is 162 g/mol.